The molecule has 0 radical (unpaired) electrons. The van der Waals surface area contributed by atoms with Crippen LogP contribution in [0, 0.1) is 0 Å². The number of aldehydes is 1. The summed E-state index contributed by atoms with van der Waals surface area (Å²) in [4.78, 5) is 21.3. The molecule has 0 fully saturated rings. The number of rotatable bonds is 7. The molecule has 2 aromatic carbocycles. The van der Waals surface area contributed by atoms with Crippen molar-refractivity contribution < 1.29 is 24.2 Å². The largest absolute Gasteiger partial charge is 0.490 e. The standard InChI is InChI=1S/C16H14O5/c17-11-12-2-1-3-15(10-12)21-9-8-20-14-6-4-13(5-7-14)16(18)19/h1-7,10-11H,8-9H2,(H,18,19). The molecule has 1 N–H and O–H groups in total. The van der Waals surface area contributed by atoms with Gasteiger partial charge in [-0.05, 0) is 36.4 Å². The van der Waals surface area contributed by atoms with Crippen molar-refractivity contribution in [2.45, 2.75) is 0 Å². The third-order valence-electron chi connectivity index (χ3n) is 2.72. The highest BCUT2D eigenvalue weighted by Crippen LogP contribution is 2.14. The van der Waals surface area contributed by atoms with E-state index in [1.165, 1.54) is 12.1 Å². The fourth-order valence-corrected chi connectivity index (χ4v) is 1.69. The summed E-state index contributed by atoms with van der Waals surface area (Å²) in [5, 5.41) is 8.77. The van der Waals surface area contributed by atoms with Crippen LogP contribution in [0.15, 0.2) is 48.5 Å². The van der Waals surface area contributed by atoms with E-state index in [-0.39, 0.29) is 5.56 Å². The van der Waals surface area contributed by atoms with Crippen LogP contribution >= 0.6 is 0 Å². The van der Waals surface area contributed by atoms with Crippen molar-refractivity contribution in [2.24, 2.45) is 0 Å². The van der Waals surface area contributed by atoms with Crippen LogP contribution in [0.1, 0.15) is 20.7 Å². The molecule has 0 aromatic heterocycles. The molecule has 0 unspecified atom stereocenters. The fraction of sp³-hybridized carbons (Fsp3) is 0.125. The molecular weight excluding hydrogens is 272 g/mol. The first kappa shape index (κ1) is 14.6. The Morgan fingerprint density at radius 1 is 1.00 bits per heavy atom. The summed E-state index contributed by atoms with van der Waals surface area (Å²) in [5.74, 6) is 0.203. The van der Waals surface area contributed by atoms with Crippen molar-refractivity contribution in [3.8, 4) is 11.5 Å². The van der Waals surface area contributed by atoms with Crippen LogP contribution in [0.25, 0.3) is 0 Å². The van der Waals surface area contributed by atoms with Gasteiger partial charge in [0.25, 0.3) is 0 Å². The molecular formula is C16H14O5. The molecule has 0 heterocycles. The second kappa shape index (κ2) is 7.09. The van der Waals surface area contributed by atoms with Gasteiger partial charge in [0.05, 0.1) is 5.56 Å². The van der Waals surface area contributed by atoms with E-state index in [4.69, 9.17) is 14.6 Å². The van der Waals surface area contributed by atoms with Gasteiger partial charge in [-0.25, -0.2) is 4.79 Å². The lowest BCUT2D eigenvalue weighted by atomic mass is 10.2. The van der Waals surface area contributed by atoms with E-state index in [1.54, 1.807) is 36.4 Å². The molecule has 0 atom stereocenters. The summed E-state index contributed by atoms with van der Waals surface area (Å²) in [7, 11) is 0. The van der Waals surface area contributed by atoms with E-state index in [2.05, 4.69) is 0 Å². The lowest BCUT2D eigenvalue weighted by Crippen LogP contribution is -2.09. The molecule has 5 nitrogen and oxygen atoms in total. The Morgan fingerprint density at radius 3 is 2.29 bits per heavy atom. The van der Waals surface area contributed by atoms with Crippen LogP contribution in [-0.4, -0.2) is 30.6 Å². The first-order valence-corrected chi connectivity index (χ1v) is 6.33. The van der Waals surface area contributed by atoms with Gasteiger partial charge >= 0.3 is 5.97 Å². The summed E-state index contributed by atoms with van der Waals surface area (Å²) in [6, 6.07) is 13.0. The lowest BCUT2D eigenvalue weighted by Gasteiger charge is -2.08. The molecule has 2 rings (SSSR count). The monoisotopic (exact) mass is 286 g/mol. The van der Waals surface area contributed by atoms with Gasteiger partial charge in [0, 0.05) is 5.56 Å². The Labute approximate surface area is 121 Å². The minimum Gasteiger partial charge on any atom is -0.490 e. The SMILES string of the molecule is O=Cc1cccc(OCCOc2ccc(C(=O)O)cc2)c1. The highest BCUT2D eigenvalue weighted by atomic mass is 16.5. The molecule has 108 valence electrons. The van der Waals surface area contributed by atoms with Gasteiger partial charge in [0.1, 0.15) is 31.0 Å². The smallest absolute Gasteiger partial charge is 0.335 e. The number of hydrogen-bond acceptors (Lipinski definition) is 4. The Balaban J connectivity index is 1.78. The first-order valence-electron chi connectivity index (χ1n) is 6.33. The minimum absolute atomic E-state index is 0.212. The van der Waals surface area contributed by atoms with E-state index < -0.39 is 5.97 Å². The van der Waals surface area contributed by atoms with Crippen molar-refractivity contribution in [1.29, 1.82) is 0 Å². The van der Waals surface area contributed by atoms with E-state index in [0.29, 0.717) is 30.3 Å². The molecule has 0 aliphatic heterocycles. The quantitative estimate of drug-likeness (QED) is 0.625. The predicted molar refractivity (Wildman–Crippen MR) is 76.2 cm³/mol. The second-order valence-electron chi connectivity index (χ2n) is 4.22. The van der Waals surface area contributed by atoms with Crippen LogP contribution in [0.3, 0.4) is 0 Å². The van der Waals surface area contributed by atoms with E-state index >= 15 is 0 Å². The maximum atomic E-state index is 10.7. The zero-order chi connectivity index (χ0) is 15.1. The van der Waals surface area contributed by atoms with Crippen molar-refractivity contribution in [3.05, 3.63) is 59.7 Å². The van der Waals surface area contributed by atoms with Crippen molar-refractivity contribution in [2.75, 3.05) is 13.2 Å². The maximum Gasteiger partial charge on any atom is 0.335 e. The topological polar surface area (TPSA) is 72.8 Å². The normalized spacial score (nSPS) is 9.90. The van der Waals surface area contributed by atoms with Crippen molar-refractivity contribution >= 4 is 12.3 Å². The zero-order valence-electron chi connectivity index (χ0n) is 11.2. The minimum atomic E-state index is -0.972. The van der Waals surface area contributed by atoms with Crippen molar-refractivity contribution in [1.82, 2.24) is 0 Å². The van der Waals surface area contributed by atoms with E-state index in [9.17, 15) is 9.59 Å². The summed E-state index contributed by atoms with van der Waals surface area (Å²) in [6.45, 7) is 0.640. The van der Waals surface area contributed by atoms with Crippen LogP contribution in [0.4, 0.5) is 0 Å². The maximum absolute atomic E-state index is 10.7. The Morgan fingerprint density at radius 2 is 1.67 bits per heavy atom. The zero-order valence-corrected chi connectivity index (χ0v) is 11.2. The number of carbonyl (C=O) groups excluding carboxylic acids is 1. The molecule has 0 amide bonds. The third kappa shape index (κ3) is 4.35. The van der Waals surface area contributed by atoms with Crippen LogP contribution in [0.2, 0.25) is 0 Å². The number of carboxylic acid groups (broad SMARTS) is 1. The van der Waals surface area contributed by atoms with Gasteiger partial charge in [0.15, 0.2) is 0 Å². The van der Waals surface area contributed by atoms with Gasteiger partial charge in [-0.3, -0.25) is 4.79 Å². The predicted octanol–water partition coefficient (Wildman–Crippen LogP) is 2.66. The molecule has 21 heavy (non-hydrogen) atoms. The molecule has 0 spiro atoms. The number of benzene rings is 2. The third-order valence-corrected chi connectivity index (χ3v) is 2.72. The number of ether oxygens (including phenoxy) is 2. The first-order chi connectivity index (χ1) is 10.2. The molecule has 0 bridgehead atoms. The van der Waals surface area contributed by atoms with Gasteiger partial charge in [-0.1, -0.05) is 12.1 Å². The van der Waals surface area contributed by atoms with E-state index in [1.807, 2.05) is 0 Å². The van der Waals surface area contributed by atoms with Crippen LogP contribution in [0.5, 0.6) is 11.5 Å². The summed E-state index contributed by atoms with van der Waals surface area (Å²) in [6.07, 6.45) is 0.757. The number of carbonyl (C=O) groups is 2. The summed E-state index contributed by atoms with van der Waals surface area (Å²) < 4.78 is 10.9. The fourth-order valence-electron chi connectivity index (χ4n) is 1.69. The second-order valence-corrected chi connectivity index (χ2v) is 4.22. The Kier molecular flexibility index (Phi) is 4.93. The molecule has 0 aliphatic rings. The number of carboxylic acids is 1. The molecule has 0 saturated heterocycles. The lowest BCUT2D eigenvalue weighted by molar-refractivity contribution is 0.0696. The average molecular weight is 286 g/mol. The molecule has 2 aromatic rings. The van der Waals surface area contributed by atoms with Gasteiger partial charge in [-0.2, -0.15) is 0 Å². The van der Waals surface area contributed by atoms with E-state index in [0.717, 1.165) is 6.29 Å². The highest BCUT2D eigenvalue weighted by molar-refractivity contribution is 5.87. The number of aromatic carboxylic acids is 1. The van der Waals surface area contributed by atoms with Gasteiger partial charge in [-0.15, -0.1) is 0 Å². The highest BCUT2D eigenvalue weighted by Gasteiger charge is 2.02. The van der Waals surface area contributed by atoms with Crippen LogP contribution < -0.4 is 9.47 Å². The molecule has 5 heteroatoms. The molecule has 0 saturated carbocycles. The van der Waals surface area contributed by atoms with Crippen LogP contribution in [-0.2, 0) is 0 Å². The average Bonchev–Trinajstić information content (AvgIpc) is 2.52. The van der Waals surface area contributed by atoms with Gasteiger partial charge < -0.3 is 14.6 Å². The Bertz CT molecular complexity index is 619. The molecule has 0 aliphatic carbocycles. The summed E-state index contributed by atoms with van der Waals surface area (Å²) in [5.41, 5.74) is 0.766. The Hall–Kier alpha value is -2.82. The van der Waals surface area contributed by atoms with Gasteiger partial charge in [0.2, 0.25) is 0 Å². The summed E-state index contributed by atoms with van der Waals surface area (Å²) >= 11 is 0. The van der Waals surface area contributed by atoms with Crippen molar-refractivity contribution in [3.63, 3.8) is 0 Å². The number of hydrogen-bond donors (Lipinski definition) is 1.